The Bertz CT molecular complexity index is 1280. The van der Waals surface area contributed by atoms with Crippen LogP contribution in [0.25, 0.3) is 11.2 Å². The number of aromatic nitrogens is 4. The molecule has 33 heavy (non-hydrogen) atoms. The van der Waals surface area contributed by atoms with E-state index >= 15 is 0 Å². The van der Waals surface area contributed by atoms with E-state index in [4.69, 9.17) is 19.9 Å². The first-order chi connectivity index (χ1) is 15.7. The van der Waals surface area contributed by atoms with Crippen LogP contribution in [0.1, 0.15) is 47.9 Å². The van der Waals surface area contributed by atoms with E-state index in [0.717, 1.165) is 0 Å². The Morgan fingerprint density at radius 1 is 1.00 bits per heavy atom. The number of rotatable bonds is 3. The number of nitrogens with two attached hydrogens (primary N) is 1. The van der Waals surface area contributed by atoms with Crippen molar-refractivity contribution in [2.45, 2.75) is 57.0 Å². The maximum Gasteiger partial charge on any atom is 0.174 e. The lowest BCUT2D eigenvalue weighted by atomic mass is 9.93. The van der Waals surface area contributed by atoms with Gasteiger partial charge < -0.3 is 19.9 Å². The third-order valence-corrected chi connectivity index (χ3v) is 6.81. The molecule has 4 heterocycles. The number of carbonyl (C=O) groups is 2. The fourth-order valence-corrected chi connectivity index (χ4v) is 5.32. The van der Waals surface area contributed by atoms with Gasteiger partial charge in [0.15, 0.2) is 34.5 Å². The molecule has 1 aromatic carbocycles. The van der Waals surface area contributed by atoms with Crippen molar-refractivity contribution in [1.82, 2.24) is 19.5 Å². The number of nitrogen functional groups attached to an aromatic ring is 1. The Labute approximate surface area is 189 Å². The molecule has 0 saturated carbocycles. The van der Waals surface area contributed by atoms with Crippen LogP contribution in [0.2, 0.25) is 0 Å². The molecule has 0 radical (unpaired) electrons. The van der Waals surface area contributed by atoms with E-state index in [0.29, 0.717) is 22.3 Å². The topological polar surface area (TPSA) is 131 Å². The highest BCUT2D eigenvalue weighted by atomic mass is 16.8. The minimum absolute atomic E-state index is 0.184. The van der Waals surface area contributed by atoms with E-state index < -0.39 is 35.7 Å². The lowest BCUT2D eigenvalue weighted by Gasteiger charge is -2.33. The van der Waals surface area contributed by atoms with Gasteiger partial charge in [0, 0.05) is 11.1 Å². The molecule has 170 valence electrons. The summed E-state index contributed by atoms with van der Waals surface area (Å²) in [5.41, 5.74) is 6.79. The van der Waals surface area contributed by atoms with Gasteiger partial charge in [0.05, 0.1) is 18.3 Å². The normalized spacial score (nSPS) is 30.8. The summed E-state index contributed by atoms with van der Waals surface area (Å²) in [5.74, 6) is -1.79. The van der Waals surface area contributed by atoms with Crippen molar-refractivity contribution in [3.8, 4) is 0 Å². The van der Waals surface area contributed by atoms with Crippen LogP contribution in [0.5, 0.6) is 0 Å². The van der Waals surface area contributed by atoms with E-state index in [2.05, 4.69) is 15.0 Å². The molecule has 3 aliphatic rings. The number of anilines is 1. The summed E-state index contributed by atoms with van der Waals surface area (Å²) in [6.45, 7) is 5.52. The molecule has 0 amide bonds. The minimum Gasteiger partial charge on any atom is -0.382 e. The van der Waals surface area contributed by atoms with Gasteiger partial charge in [-0.25, -0.2) is 15.0 Å². The zero-order valence-corrected chi connectivity index (χ0v) is 18.4. The second-order valence-electron chi connectivity index (χ2n) is 9.34. The van der Waals surface area contributed by atoms with Gasteiger partial charge in [-0.3, -0.25) is 14.2 Å². The van der Waals surface area contributed by atoms with Crippen LogP contribution in [0.15, 0.2) is 36.9 Å². The third-order valence-electron chi connectivity index (χ3n) is 6.81. The summed E-state index contributed by atoms with van der Waals surface area (Å²) in [6, 6.07) is 6.91. The fourth-order valence-electron chi connectivity index (χ4n) is 5.32. The maximum atomic E-state index is 13.0. The average molecular weight is 449 g/mol. The number of hydrogen-bond acceptors (Lipinski definition) is 9. The van der Waals surface area contributed by atoms with E-state index in [1.165, 1.54) is 6.33 Å². The summed E-state index contributed by atoms with van der Waals surface area (Å²) in [4.78, 5) is 38.8. The molecular weight excluding hydrogens is 426 g/mol. The van der Waals surface area contributed by atoms with Crippen LogP contribution in [0.4, 0.5) is 5.82 Å². The molecule has 6 rings (SSSR count). The molecule has 2 N–H and O–H groups in total. The van der Waals surface area contributed by atoms with Gasteiger partial charge in [0.1, 0.15) is 24.1 Å². The Hall–Kier alpha value is -3.21. The lowest BCUT2D eigenvalue weighted by Crippen LogP contribution is -2.43. The van der Waals surface area contributed by atoms with Crippen molar-refractivity contribution >= 4 is 28.5 Å². The van der Waals surface area contributed by atoms with Crippen LogP contribution < -0.4 is 5.73 Å². The average Bonchev–Trinajstić information content (AvgIpc) is 3.48. The molecule has 3 aromatic rings. The highest BCUT2D eigenvalue weighted by Crippen LogP contribution is 2.49. The van der Waals surface area contributed by atoms with Crippen molar-refractivity contribution < 1.29 is 23.8 Å². The monoisotopic (exact) mass is 449 g/mol. The van der Waals surface area contributed by atoms with Gasteiger partial charge in [0.2, 0.25) is 0 Å². The summed E-state index contributed by atoms with van der Waals surface area (Å²) in [5, 5.41) is 0. The molecule has 10 heteroatoms. The molecular formula is C23H23N5O5. The molecule has 1 unspecified atom stereocenters. The molecule has 4 atom stereocenters. The highest BCUT2D eigenvalue weighted by Gasteiger charge is 2.63. The second kappa shape index (κ2) is 6.66. The van der Waals surface area contributed by atoms with Crippen molar-refractivity contribution in [3.05, 3.63) is 48.0 Å². The van der Waals surface area contributed by atoms with E-state index in [9.17, 15) is 9.59 Å². The number of Topliss-reactive ketones (excluding diaryl/α,β-unsaturated/α-hetero) is 2. The summed E-state index contributed by atoms with van der Waals surface area (Å²) >= 11 is 0. The zero-order valence-electron chi connectivity index (χ0n) is 18.4. The van der Waals surface area contributed by atoms with Crippen molar-refractivity contribution in [2.24, 2.45) is 5.92 Å². The third kappa shape index (κ3) is 2.81. The number of fused-ring (bicyclic) bond motifs is 3. The van der Waals surface area contributed by atoms with Crippen molar-refractivity contribution in [1.29, 1.82) is 0 Å². The number of carbonyl (C=O) groups excluding carboxylic acids is 2. The molecule has 2 aliphatic heterocycles. The molecule has 2 aromatic heterocycles. The van der Waals surface area contributed by atoms with Crippen LogP contribution >= 0.6 is 0 Å². The second-order valence-corrected chi connectivity index (χ2v) is 9.34. The molecule has 10 nitrogen and oxygen atoms in total. The van der Waals surface area contributed by atoms with Gasteiger partial charge in [-0.05, 0) is 27.2 Å². The van der Waals surface area contributed by atoms with Crippen molar-refractivity contribution in [3.63, 3.8) is 0 Å². The van der Waals surface area contributed by atoms with Gasteiger partial charge in [-0.2, -0.15) is 0 Å². The van der Waals surface area contributed by atoms with Crippen LogP contribution in [0, 0.1) is 5.92 Å². The first-order valence-electron chi connectivity index (χ1n) is 10.8. The van der Waals surface area contributed by atoms with Crippen LogP contribution in [-0.4, -0.2) is 55.2 Å². The fraction of sp³-hybridized carbons (Fsp3) is 0.435. The molecule has 0 bridgehead atoms. The van der Waals surface area contributed by atoms with Gasteiger partial charge in [-0.1, -0.05) is 24.3 Å². The molecule has 2 fully saturated rings. The van der Waals surface area contributed by atoms with Gasteiger partial charge >= 0.3 is 0 Å². The van der Waals surface area contributed by atoms with Gasteiger partial charge in [0.25, 0.3) is 0 Å². The minimum atomic E-state index is -1.06. The summed E-state index contributed by atoms with van der Waals surface area (Å²) in [6.07, 6.45) is 1.56. The van der Waals surface area contributed by atoms with Crippen LogP contribution in [0.3, 0.4) is 0 Å². The number of imidazole rings is 1. The number of ketones is 2. The summed E-state index contributed by atoms with van der Waals surface area (Å²) in [7, 11) is 0. The molecule has 0 spiro atoms. The quantitative estimate of drug-likeness (QED) is 0.597. The Morgan fingerprint density at radius 3 is 2.39 bits per heavy atom. The Balaban J connectivity index is 1.38. The number of nitrogens with zero attached hydrogens (tertiary/aromatic N) is 4. The first-order valence-corrected chi connectivity index (χ1v) is 10.8. The van der Waals surface area contributed by atoms with E-state index in [1.54, 1.807) is 35.2 Å². The first kappa shape index (κ1) is 20.4. The standard InChI is InChI=1S/C23H23N5O5/c1-22(2)32-18-14(8-13-16(29)11-6-4-5-7-12(11)17(13)30)31-23(3,19(18)33-22)28-10-27-15-20(24)25-9-26-21(15)28/h4-7,9-10,13-14,18-19H,8H2,1-3H3,(H2,24,25,26)/t14?,18-,19-,23+/m1/s1. The highest BCUT2D eigenvalue weighted by molar-refractivity contribution is 6.26. The molecule has 2 saturated heterocycles. The smallest absolute Gasteiger partial charge is 0.174 e. The van der Waals surface area contributed by atoms with Crippen LogP contribution in [-0.2, 0) is 19.9 Å². The predicted octanol–water partition coefficient (Wildman–Crippen LogP) is 2.09. The Morgan fingerprint density at radius 2 is 1.70 bits per heavy atom. The zero-order chi connectivity index (χ0) is 23.1. The lowest BCUT2D eigenvalue weighted by molar-refractivity contribution is -0.225. The largest absolute Gasteiger partial charge is 0.382 e. The van der Waals surface area contributed by atoms with E-state index in [-0.39, 0.29) is 23.8 Å². The predicted molar refractivity (Wildman–Crippen MR) is 115 cm³/mol. The Kier molecular flexibility index (Phi) is 4.12. The van der Waals surface area contributed by atoms with Gasteiger partial charge in [-0.15, -0.1) is 0 Å². The van der Waals surface area contributed by atoms with Crippen molar-refractivity contribution in [2.75, 3.05) is 5.73 Å². The molecule has 1 aliphatic carbocycles. The number of hydrogen-bond donors (Lipinski definition) is 1. The number of benzene rings is 1. The number of ether oxygens (including phenoxy) is 3. The maximum absolute atomic E-state index is 13.0. The summed E-state index contributed by atoms with van der Waals surface area (Å²) < 4.78 is 20.8. The SMILES string of the molecule is CC1(C)O[C@@H]2C(CC3C(=O)c4ccccc4C3=O)O[C@](C)(n3cnc4c(N)ncnc43)[C@@H]2O1. The van der Waals surface area contributed by atoms with E-state index in [1.807, 2.05) is 20.8 Å².